The summed E-state index contributed by atoms with van der Waals surface area (Å²) >= 11 is 0. The first kappa shape index (κ1) is 13.9. The maximum atomic E-state index is 11.8. The third-order valence-corrected chi connectivity index (χ3v) is 5.86. The number of fused-ring (bicyclic) bond motifs is 1. The Kier molecular flexibility index (Phi) is 2.63. The molecule has 122 valence electrons. The number of aromatic nitrogens is 4. The molecule has 0 saturated heterocycles. The van der Waals surface area contributed by atoms with Gasteiger partial charge in [0, 0.05) is 18.5 Å². The van der Waals surface area contributed by atoms with Gasteiger partial charge in [0.15, 0.2) is 0 Å². The van der Waals surface area contributed by atoms with E-state index in [1.165, 1.54) is 19.3 Å². The van der Waals surface area contributed by atoms with Crippen molar-refractivity contribution < 1.29 is 0 Å². The molecule has 1 atom stereocenters. The molecule has 0 unspecified atom stereocenters. The third kappa shape index (κ3) is 1.72. The SMILES string of the molecule is Cn1c(=O)ccc2c([C@H](N)c3cn(C45CC(C4)C5)nn3)cccc21. The highest BCUT2D eigenvalue weighted by Gasteiger charge is 2.58. The topological polar surface area (TPSA) is 78.7 Å². The first-order valence-corrected chi connectivity index (χ1v) is 8.34. The van der Waals surface area contributed by atoms with E-state index >= 15 is 0 Å². The quantitative estimate of drug-likeness (QED) is 0.796. The lowest BCUT2D eigenvalue weighted by atomic mass is 9.50. The number of hydrogen-bond donors (Lipinski definition) is 1. The van der Waals surface area contributed by atoms with Crippen molar-refractivity contribution in [3.63, 3.8) is 0 Å². The molecule has 24 heavy (non-hydrogen) atoms. The molecule has 3 aliphatic carbocycles. The number of hydrogen-bond acceptors (Lipinski definition) is 4. The van der Waals surface area contributed by atoms with Crippen LogP contribution in [0.3, 0.4) is 0 Å². The summed E-state index contributed by atoms with van der Waals surface area (Å²) in [6.45, 7) is 0. The summed E-state index contributed by atoms with van der Waals surface area (Å²) < 4.78 is 3.66. The van der Waals surface area contributed by atoms with Crippen LogP contribution in [0, 0.1) is 5.92 Å². The Morgan fingerprint density at radius 1 is 1.25 bits per heavy atom. The van der Waals surface area contributed by atoms with Crippen LogP contribution in [0.2, 0.25) is 0 Å². The highest BCUT2D eigenvalue weighted by Crippen LogP contribution is 2.61. The number of pyridine rings is 1. The predicted octanol–water partition coefficient (Wildman–Crippen LogP) is 1.69. The molecular weight excluding hydrogens is 302 g/mol. The van der Waals surface area contributed by atoms with Crippen LogP contribution in [-0.4, -0.2) is 19.6 Å². The zero-order valence-electron chi connectivity index (χ0n) is 13.5. The van der Waals surface area contributed by atoms with Gasteiger partial charge in [0.25, 0.3) is 5.56 Å². The molecule has 3 fully saturated rings. The minimum Gasteiger partial charge on any atom is -0.319 e. The second kappa shape index (κ2) is 4.54. The molecule has 2 bridgehead atoms. The van der Waals surface area contributed by atoms with Crippen molar-refractivity contribution in [3.05, 3.63) is 58.1 Å². The molecule has 2 aromatic heterocycles. The Morgan fingerprint density at radius 2 is 2.04 bits per heavy atom. The van der Waals surface area contributed by atoms with Crippen LogP contribution in [-0.2, 0) is 12.6 Å². The van der Waals surface area contributed by atoms with Gasteiger partial charge >= 0.3 is 0 Å². The summed E-state index contributed by atoms with van der Waals surface area (Å²) in [4.78, 5) is 11.8. The van der Waals surface area contributed by atoms with Gasteiger partial charge in [-0.3, -0.25) is 4.79 Å². The fourth-order valence-electron chi connectivity index (χ4n) is 4.22. The van der Waals surface area contributed by atoms with E-state index in [0.29, 0.717) is 0 Å². The molecule has 1 aromatic carbocycles. The average Bonchev–Trinajstić information content (AvgIpc) is 2.96. The largest absolute Gasteiger partial charge is 0.319 e. The molecule has 0 amide bonds. The second-order valence-electron chi connectivity index (χ2n) is 7.28. The van der Waals surface area contributed by atoms with Gasteiger partial charge in [0.05, 0.1) is 23.3 Å². The van der Waals surface area contributed by atoms with Gasteiger partial charge in [-0.15, -0.1) is 5.10 Å². The summed E-state index contributed by atoms with van der Waals surface area (Å²) in [5.74, 6) is 0.894. The molecule has 3 aliphatic rings. The number of nitrogens with zero attached hydrogens (tertiary/aromatic N) is 4. The molecule has 0 spiro atoms. The van der Waals surface area contributed by atoms with Crippen molar-refractivity contribution in [1.82, 2.24) is 19.6 Å². The highest BCUT2D eigenvalue weighted by atomic mass is 16.1. The molecule has 0 radical (unpaired) electrons. The minimum atomic E-state index is -0.354. The standard InChI is InChI=1S/C18H19N5O/c1-22-15-4-2-3-13(12(15)5-6-16(22)24)17(19)14-10-23(21-20-14)18-7-11(8-18)9-18/h2-6,10-11,17H,7-9,19H2,1H3/t11?,17-,18?/m0/s1. The zero-order chi connectivity index (χ0) is 16.5. The van der Waals surface area contributed by atoms with Crippen LogP contribution < -0.4 is 11.3 Å². The molecule has 3 aromatic rings. The van der Waals surface area contributed by atoms with E-state index in [-0.39, 0.29) is 17.1 Å². The van der Waals surface area contributed by atoms with E-state index in [1.54, 1.807) is 17.7 Å². The normalized spacial score (nSPS) is 26.0. The lowest BCUT2D eigenvalue weighted by Crippen LogP contribution is -2.59. The third-order valence-electron chi connectivity index (χ3n) is 5.86. The summed E-state index contributed by atoms with van der Waals surface area (Å²) in [7, 11) is 1.78. The maximum Gasteiger partial charge on any atom is 0.250 e. The van der Waals surface area contributed by atoms with Gasteiger partial charge < -0.3 is 10.3 Å². The smallest absolute Gasteiger partial charge is 0.250 e. The van der Waals surface area contributed by atoms with Crippen molar-refractivity contribution in [2.45, 2.75) is 30.8 Å². The van der Waals surface area contributed by atoms with Crippen molar-refractivity contribution in [1.29, 1.82) is 0 Å². The Hall–Kier alpha value is -2.47. The molecule has 0 aliphatic heterocycles. The Balaban J connectivity index is 1.57. The van der Waals surface area contributed by atoms with Crippen molar-refractivity contribution >= 4 is 10.9 Å². The summed E-state index contributed by atoms with van der Waals surface area (Å²) in [6, 6.07) is 8.94. The Bertz CT molecular complexity index is 1000. The molecule has 6 nitrogen and oxygen atoms in total. The van der Waals surface area contributed by atoms with Crippen LogP contribution in [0.25, 0.3) is 10.9 Å². The molecular formula is C18H19N5O. The van der Waals surface area contributed by atoms with E-state index in [0.717, 1.165) is 28.1 Å². The van der Waals surface area contributed by atoms with E-state index < -0.39 is 0 Å². The van der Waals surface area contributed by atoms with Gasteiger partial charge in [-0.25, -0.2) is 4.68 Å². The van der Waals surface area contributed by atoms with Crippen LogP contribution in [0.5, 0.6) is 0 Å². The maximum absolute atomic E-state index is 11.8. The average molecular weight is 321 g/mol. The van der Waals surface area contributed by atoms with Gasteiger partial charge in [-0.2, -0.15) is 0 Å². The van der Waals surface area contributed by atoms with Gasteiger partial charge in [0.1, 0.15) is 5.69 Å². The van der Waals surface area contributed by atoms with Crippen LogP contribution in [0.1, 0.15) is 36.6 Å². The Labute approximate surface area is 138 Å². The monoisotopic (exact) mass is 321 g/mol. The summed E-state index contributed by atoms with van der Waals surface area (Å²) in [6.07, 6.45) is 5.67. The number of aryl methyl sites for hydroxylation is 1. The molecule has 6 heteroatoms. The van der Waals surface area contributed by atoms with Crippen LogP contribution in [0.4, 0.5) is 0 Å². The van der Waals surface area contributed by atoms with Crippen molar-refractivity contribution in [2.75, 3.05) is 0 Å². The fourth-order valence-corrected chi connectivity index (χ4v) is 4.22. The first-order valence-electron chi connectivity index (χ1n) is 8.34. The second-order valence-corrected chi connectivity index (χ2v) is 7.28. The molecule has 6 rings (SSSR count). The van der Waals surface area contributed by atoms with Gasteiger partial charge in [-0.1, -0.05) is 17.3 Å². The van der Waals surface area contributed by atoms with Crippen LogP contribution in [0.15, 0.2) is 41.3 Å². The van der Waals surface area contributed by atoms with E-state index in [2.05, 4.69) is 10.3 Å². The number of rotatable bonds is 3. The van der Waals surface area contributed by atoms with E-state index in [4.69, 9.17) is 5.73 Å². The molecule has 3 saturated carbocycles. The number of benzene rings is 1. The zero-order valence-corrected chi connectivity index (χ0v) is 13.5. The lowest BCUT2D eigenvalue weighted by molar-refractivity contribution is -0.0989. The van der Waals surface area contributed by atoms with Crippen molar-refractivity contribution in [3.8, 4) is 0 Å². The molecule has 2 heterocycles. The lowest BCUT2D eigenvalue weighted by Gasteiger charge is -2.61. The van der Waals surface area contributed by atoms with Crippen LogP contribution >= 0.6 is 0 Å². The fraction of sp³-hybridized carbons (Fsp3) is 0.389. The first-order chi connectivity index (χ1) is 11.6. The van der Waals surface area contributed by atoms with E-state index in [1.807, 2.05) is 35.1 Å². The van der Waals surface area contributed by atoms with Gasteiger partial charge in [-0.05, 0) is 42.9 Å². The minimum absolute atomic E-state index is 0.0252. The Morgan fingerprint density at radius 3 is 2.75 bits per heavy atom. The predicted molar refractivity (Wildman–Crippen MR) is 90.6 cm³/mol. The van der Waals surface area contributed by atoms with Gasteiger partial charge in [0.2, 0.25) is 0 Å². The highest BCUT2D eigenvalue weighted by molar-refractivity contribution is 5.83. The molecule has 2 N–H and O–H groups in total. The van der Waals surface area contributed by atoms with Crippen molar-refractivity contribution in [2.24, 2.45) is 18.7 Å². The van der Waals surface area contributed by atoms with E-state index in [9.17, 15) is 4.79 Å². The number of nitrogens with two attached hydrogens (primary N) is 1. The summed E-state index contributed by atoms with van der Waals surface area (Å²) in [5.41, 5.74) is 9.31. The summed E-state index contributed by atoms with van der Waals surface area (Å²) in [5, 5.41) is 9.65.